The van der Waals surface area contributed by atoms with Crippen LogP contribution in [0.5, 0.6) is 5.75 Å². The van der Waals surface area contributed by atoms with Gasteiger partial charge in [-0.2, -0.15) is 0 Å². The van der Waals surface area contributed by atoms with Crippen LogP contribution in [0.2, 0.25) is 0 Å². The standard InChI is InChI=1S/C17H20BrNO/c1-12-9-15(18)10-16(20-3)17(12)19-11-13(2)14-7-5-4-6-8-14/h4-10,13,19H,11H2,1-3H3. The number of rotatable bonds is 5. The molecule has 0 aliphatic rings. The minimum absolute atomic E-state index is 0.448. The lowest BCUT2D eigenvalue weighted by Gasteiger charge is -2.18. The van der Waals surface area contributed by atoms with Gasteiger partial charge in [0.2, 0.25) is 0 Å². The Hall–Kier alpha value is -1.48. The monoisotopic (exact) mass is 333 g/mol. The second-order valence-electron chi connectivity index (χ2n) is 4.99. The fourth-order valence-electron chi connectivity index (χ4n) is 2.25. The molecule has 0 bridgehead atoms. The predicted octanol–water partition coefficient (Wildman–Crippen LogP) is 4.98. The zero-order valence-electron chi connectivity index (χ0n) is 12.1. The van der Waals surface area contributed by atoms with Crippen LogP contribution in [0.1, 0.15) is 24.0 Å². The van der Waals surface area contributed by atoms with Crippen LogP contribution in [-0.4, -0.2) is 13.7 Å². The highest BCUT2D eigenvalue weighted by Gasteiger charge is 2.10. The van der Waals surface area contributed by atoms with E-state index in [9.17, 15) is 0 Å². The van der Waals surface area contributed by atoms with Crippen molar-refractivity contribution >= 4 is 21.6 Å². The molecule has 0 amide bonds. The molecule has 1 N–H and O–H groups in total. The predicted molar refractivity (Wildman–Crippen MR) is 88.8 cm³/mol. The van der Waals surface area contributed by atoms with Crippen LogP contribution < -0.4 is 10.1 Å². The lowest BCUT2D eigenvalue weighted by molar-refractivity contribution is 0.416. The van der Waals surface area contributed by atoms with Crippen LogP contribution in [0.3, 0.4) is 0 Å². The second-order valence-corrected chi connectivity index (χ2v) is 5.91. The molecule has 20 heavy (non-hydrogen) atoms. The third-order valence-corrected chi connectivity index (χ3v) is 3.90. The molecular weight excluding hydrogens is 314 g/mol. The van der Waals surface area contributed by atoms with Crippen LogP contribution in [0.15, 0.2) is 46.9 Å². The van der Waals surface area contributed by atoms with E-state index < -0.39 is 0 Å². The SMILES string of the molecule is COc1cc(Br)cc(C)c1NCC(C)c1ccccc1. The number of benzene rings is 2. The number of halogens is 1. The zero-order valence-corrected chi connectivity index (χ0v) is 13.7. The normalized spacial score (nSPS) is 12.0. The summed E-state index contributed by atoms with van der Waals surface area (Å²) in [6.45, 7) is 5.19. The summed E-state index contributed by atoms with van der Waals surface area (Å²) in [6, 6.07) is 14.6. The van der Waals surface area contributed by atoms with E-state index in [0.717, 1.165) is 22.5 Å². The number of anilines is 1. The van der Waals surface area contributed by atoms with Crippen LogP contribution in [0.25, 0.3) is 0 Å². The molecule has 0 saturated heterocycles. The molecular formula is C17H20BrNO. The topological polar surface area (TPSA) is 21.3 Å². The maximum Gasteiger partial charge on any atom is 0.143 e. The van der Waals surface area contributed by atoms with Gasteiger partial charge in [0.25, 0.3) is 0 Å². The molecule has 0 aromatic heterocycles. The molecule has 1 atom stereocenters. The van der Waals surface area contributed by atoms with Gasteiger partial charge in [-0.15, -0.1) is 0 Å². The first-order valence-corrected chi connectivity index (χ1v) is 7.54. The summed E-state index contributed by atoms with van der Waals surface area (Å²) in [6.07, 6.45) is 0. The Kier molecular flexibility index (Phi) is 5.07. The smallest absolute Gasteiger partial charge is 0.143 e. The van der Waals surface area contributed by atoms with Crippen molar-refractivity contribution < 1.29 is 4.74 Å². The molecule has 0 aliphatic carbocycles. The van der Waals surface area contributed by atoms with Gasteiger partial charge in [0.1, 0.15) is 5.75 Å². The van der Waals surface area contributed by atoms with E-state index in [0.29, 0.717) is 5.92 Å². The van der Waals surface area contributed by atoms with Gasteiger partial charge in [0.05, 0.1) is 12.8 Å². The van der Waals surface area contributed by atoms with E-state index in [1.54, 1.807) is 7.11 Å². The maximum atomic E-state index is 5.45. The average Bonchev–Trinajstić information content (AvgIpc) is 2.46. The van der Waals surface area contributed by atoms with E-state index in [4.69, 9.17) is 4.74 Å². The molecule has 0 aliphatic heterocycles. The summed E-state index contributed by atoms with van der Waals surface area (Å²) in [5.41, 5.74) is 3.59. The first-order chi connectivity index (χ1) is 9.61. The summed E-state index contributed by atoms with van der Waals surface area (Å²) >= 11 is 3.50. The molecule has 2 rings (SSSR count). The Morgan fingerprint density at radius 3 is 2.55 bits per heavy atom. The van der Waals surface area contributed by atoms with Gasteiger partial charge in [0.15, 0.2) is 0 Å². The first-order valence-electron chi connectivity index (χ1n) is 6.74. The minimum Gasteiger partial charge on any atom is -0.495 e. The number of methoxy groups -OCH3 is 1. The Labute approximate surface area is 129 Å². The third-order valence-electron chi connectivity index (χ3n) is 3.44. The third kappa shape index (κ3) is 3.54. The largest absolute Gasteiger partial charge is 0.495 e. The van der Waals surface area contributed by atoms with E-state index >= 15 is 0 Å². The van der Waals surface area contributed by atoms with Crippen molar-refractivity contribution in [2.45, 2.75) is 19.8 Å². The lowest BCUT2D eigenvalue weighted by atomic mass is 10.0. The van der Waals surface area contributed by atoms with Gasteiger partial charge in [-0.05, 0) is 36.1 Å². The van der Waals surface area contributed by atoms with Gasteiger partial charge in [-0.25, -0.2) is 0 Å². The molecule has 0 spiro atoms. The summed E-state index contributed by atoms with van der Waals surface area (Å²) in [7, 11) is 1.70. The van der Waals surface area contributed by atoms with Gasteiger partial charge in [0, 0.05) is 11.0 Å². The van der Waals surface area contributed by atoms with E-state index in [2.05, 4.69) is 65.4 Å². The molecule has 106 valence electrons. The Morgan fingerprint density at radius 1 is 1.20 bits per heavy atom. The van der Waals surface area contributed by atoms with Crippen molar-refractivity contribution in [1.29, 1.82) is 0 Å². The summed E-state index contributed by atoms with van der Waals surface area (Å²) in [5, 5.41) is 3.51. The Balaban J connectivity index is 2.11. The molecule has 1 unspecified atom stereocenters. The van der Waals surface area contributed by atoms with Crippen molar-refractivity contribution in [1.82, 2.24) is 0 Å². The molecule has 0 fully saturated rings. The number of ether oxygens (including phenoxy) is 1. The number of nitrogens with one attached hydrogen (secondary N) is 1. The average molecular weight is 334 g/mol. The fraction of sp³-hybridized carbons (Fsp3) is 0.294. The highest BCUT2D eigenvalue weighted by molar-refractivity contribution is 9.10. The maximum absolute atomic E-state index is 5.45. The van der Waals surface area contributed by atoms with Crippen LogP contribution in [0.4, 0.5) is 5.69 Å². The van der Waals surface area contributed by atoms with E-state index in [-0.39, 0.29) is 0 Å². The van der Waals surface area contributed by atoms with Gasteiger partial charge in [-0.1, -0.05) is 53.2 Å². The summed E-state index contributed by atoms with van der Waals surface area (Å²) in [4.78, 5) is 0. The number of hydrogen-bond acceptors (Lipinski definition) is 2. The van der Waals surface area contributed by atoms with Gasteiger partial charge >= 0.3 is 0 Å². The van der Waals surface area contributed by atoms with Crippen molar-refractivity contribution in [2.75, 3.05) is 19.0 Å². The quantitative estimate of drug-likeness (QED) is 0.832. The molecule has 2 aromatic carbocycles. The fourth-order valence-corrected chi connectivity index (χ4v) is 2.81. The Bertz CT molecular complexity index is 569. The van der Waals surface area contributed by atoms with Crippen molar-refractivity contribution in [2.24, 2.45) is 0 Å². The zero-order chi connectivity index (χ0) is 14.5. The minimum atomic E-state index is 0.448. The molecule has 2 nitrogen and oxygen atoms in total. The van der Waals surface area contributed by atoms with Gasteiger partial charge in [-0.3, -0.25) is 0 Å². The van der Waals surface area contributed by atoms with Crippen LogP contribution in [-0.2, 0) is 0 Å². The lowest BCUT2D eigenvalue weighted by Crippen LogP contribution is -2.11. The number of aryl methyl sites for hydroxylation is 1. The van der Waals surface area contributed by atoms with Crippen molar-refractivity contribution in [3.8, 4) is 5.75 Å². The second kappa shape index (κ2) is 6.80. The molecule has 0 radical (unpaired) electrons. The number of hydrogen-bond donors (Lipinski definition) is 1. The molecule has 3 heteroatoms. The van der Waals surface area contributed by atoms with E-state index in [1.165, 1.54) is 11.1 Å². The molecule has 2 aromatic rings. The van der Waals surface area contributed by atoms with Crippen LogP contribution >= 0.6 is 15.9 Å². The molecule has 0 saturated carbocycles. The highest BCUT2D eigenvalue weighted by Crippen LogP contribution is 2.32. The highest BCUT2D eigenvalue weighted by atomic mass is 79.9. The van der Waals surface area contributed by atoms with Gasteiger partial charge < -0.3 is 10.1 Å². The molecule has 0 heterocycles. The van der Waals surface area contributed by atoms with Crippen LogP contribution in [0, 0.1) is 6.92 Å². The summed E-state index contributed by atoms with van der Waals surface area (Å²) in [5.74, 6) is 1.32. The Morgan fingerprint density at radius 2 is 1.90 bits per heavy atom. The first kappa shape index (κ1) is 14.9. The van der Waals surface area contributed by atoms with Crippen molar-refractivity contribution in [3.05, 3.63) is 58.1 Å². The summed E-state index contributed by atoms with van der Waals surface area (Å²) < 4.78 is 6.49. The van der Waals surface area contributed by atoms with Crippen molar-refractivity contribution in [3.63, 3.8) is 0 Å². The van der Waals surface area contributed by atoms with E-state index in [1.807, 2.05) is 12.1 Å².